The van der Waals surface area contributed by atoms with Crippen LogP contribution in [0.4, 0.5) is 5.69 Å². The number of amides is 1. The molecule has 2 rings (SSSR count). The molecule has 0 saturated carbocycles. The highest BCUT2D eigenvalue weighted by Gasteiger charge is 2.17. The maximum atomic E-state index is 12.2. The first-order valence-electron chi connectivity index (χ1n) is 5.99. The molecule has 0 fully saturated rings. The Kier molecular flexibility index (Phi) is 4.55. The molecule has 0 spiro atoms. The molecule has 104 valence electrons. The van der Waals surface area contributed by atoms with Gasteiger partial charge in [-0.1, -0.05) is 41.9 Å². The number of hydrogen-bond donors (Lipinski definition) is 3. The number of aliphatic hydroxyl groups excluding tert-OH is 1. The number of hydrogen-bond acceptors (Lipinski definition) is 4. The van der Waals surface area contributed by atoms with E-state index in [0.717, 1.165) is 5.56 Å². The molecule has 0 aliphatic heterocycles. The summed E-state index contributed by atoms with van der Waals surface area (Å²) in [5.74, 6) is -0.433. The van der Waals surface area contributed by atoms with Crippen molar-refractivity contribution in [3.8, 4) is 0 Å². The predicted octanol–water partition coefficient (Wildman–Crippen LogP) is 1.78. The minimum Gasteiger partial charge on any atom is -0.397 e. The molecule has 0 bridgehead atoms. The molecule has 0 aliphatic rings. The van der Waals surface area contributed by atoms with E-state index in [9.17, 15) is 9.90 Å². The highest BCUT2D eigenvalue weighted by atomic mass is 35.5. The summed E-state index contributed by atoms with van der Waals surface area (Å²) in [5.41, 5.74) is 6.92. The average molecular weight is 292 g/mol. The molecule has 1 atom stereocenters. The van der Waals surface area contributed by atoms with E-state index in [0.29, 0.717) is 5.69 Å². The lowest BCUT2D eigenvalue weighted by atomic mass is 10.1. The Bertz CT molecular complexity index is 605. The van der Waals surface area contributed by atoms with Crippen LogP contribution < -0.4 is 11.1 Å². The smallest absolute Gasteiger partial charge is 0.255 e. The fourth-order valence-corrected chi connectivity index (χ4v) is 1.97. The molecule has 1 aromatic carbocycles. The number of carbonyl (C=O) groups excluding carboxylic acids is 1. The standard InChI is InChI=1S/C14H14ClN3O2/c15-13-11(6-10(16)7-17-13)14(20)18-12(8-19)9-4-2-1-3-5-9/h1-7,12,19H,8,16H2,(H,18,20)/t12-/m0/s1. The summed E-state index contributed by atoms with van der Waals surface area (Å²) in [4.78, 5) is 16.0. The second kappa shape index (κ2) is 6.36. The quantitative estimate of drug-likeness (QED) is 0.749. The molecular formula is C14H14ClN3O2. The summed E-state index contributed by atoms with van der Waals surface area (Å²) in [6.07, 6.45) is 1.37. The van der Waals surface area contributed by atoms with Crippen molar-refractivity contribution in [3.05, 3.63) is 58.9 Å². The first-order valence-corrected chi connectivity index (χ1v) is 6.37. The Morgan fingerprint density at radius 1 is 1.40 bits per heavy atom. The number of halogens is 1. The van der Waals surface area contributed by atoms with Crippen molar-refractivity contribution in [1.82, 2.24) is 10.3 Å². The van der Waals surface area contributed by atoms with Crippen molar-refractivity contribution in [2.75, 3.05) is 12.3 Å². The lowest BCUT2D eigenvalue weighted by Crippen LogP contribution is -2.31. The van der Waals surface area contributed by atoms with Gasteiger partial charge in [0.2, 0.25) is 0 Å². The topological polar surface area (TPSA) is 88.2 Å². The second-order valence-electron chi connectivity index (χ2n) is 4.23. The molecule has 0 unspecified atom stereocenters. The number of nitrogens with two attached hydrogens (primary N) is 1. The van der Waals surface area contributed by atoms with Gasteiger partial charge in [0.15, 0.2) is 0 Å². The minimum absolute atomic E-state index is 0.0708. The van der Waals surface area contributed by atoms with E-state index in [1.54, 1.807) is 0 Å². The second-order valence-corrected chi connectivity index (χ2v) is 4.58. The van der Waals surface area contributed by atoms with E-state index in [4.69, 9.17) is 17.3 Å². The van der Waals surface area contributed by atoms with Crippen molar-refractivity contribution < 1.29 is 9.90 Å². The lowest BCUT2D eigenvalue weighted by molar-refractivity contribution is 0.0916. The van der Waals surface area contributed by atoms with Crippen molar-refractivity contribution in [2.45, 2.75) is 6.04 Å². The van der Waals surface area contributed by atoms with E-state index in [-0.39, 0.29) is 17.3 Å². The molecule has 2 aromatic rings. The maximum Gasteiger partial charge on any atom is 0.255 e. The van der Waals surface area contributed by atoms with E-state index >= 15 is 0 Å². The average Bonchev–Trinajstić information content (AvgIpc) is 2.48. The fraction of sp³-hybridized carbons (Fsp3) is 0.143. The zero-order chi connectivity index (χ0) is 14.5. The summed E-state index contributed by atoms with van der Waals surface area (Å²) < 4.78 is 0. The number of nitrogens with zero attached hydrogens (tertiary/aromatic N) is 1. The van der Waals surface area contributed by atoms with Crippen molar-refractivity contribution >= 4 is 23.2 Å². The van der Waals surface area contributed by atoms with Crippen molar-refractivity contribution in [3.63, 3.8) is 0 Å². The zero-order valence-electron chi connectivity index (χ0n) is 10.6. The number of rotatable bonds is 4. The van der Waals surface area contributed by atoms with Crippen LogP contribution in [0.3, 0.4) is 0 Å². The SMILES string of the molecule is Nc1cnc(Cl)c(C(=O)N[C@@H](CO)c2ccccc2)c1. The van der Waals surface area contributed by atoms with Crippen LogP contribution in [-0.4, -0.2) is 22.6 Å². The van der Waals surface area contributed by atoms with Gasteiger partial charge in [-0.25, -0.2) is 4.98 Å². The van der Waals surface area contributed by atoms with Gasteiger partial charge in [0.25, 0.3) is 5.91 Å². The zero-order valence-corrected chi connectivity index (χ0v) is 11.3. The van der Waals surface area contributed by atoms with E-state index < -0.39 is 11.9 Å². The highest BCUT2D eigenvalue weighted by Crippen LogP contribution is 2.18. The number of pyridine rings is 1. The molecule has 6 heteroatoms. The highest BCUT2D eigenvalue weighted by molar-refractivity contribution is 6.32. The number of benzene rings is 1. The van der Waals surface area contributed by atoms with Crippen molar-refractivity contribution in [1.29, 1.82) is 0 Å². The third kappa shape index (κ3) is 3.26. The molecule has 5 nitrogen and oxygen atoms in total. The number of carbonyl (C=O) groups is 1. The van der Waals surface area contributed by atoms with Gasteiger partial charge in [-0.2, -0.15) is 0 Å². The third-order valence-corrected chi connectivity index (χ3v) is 3.10. The summed E-state index contributed by atoms with van der Waals surface area (Å²) in [6, 6.07) is 10.1. The summed E-state index contributed by atoms with van der Waals surface area (Å²) >= 11 is 5.87. The van der Waals surface area contributed by atoms with Gasteiger partial charge in [-0.15, -0.1) is 0 Å². The Morgan fingerprint density at radius 2 is 2.10 bits per heavy atom. The molecular weight excluding hydrogens is 278 g/mol. The summed E-state index contributed by atoms with van der Waals surface area (Å²) in [5, 5.41) is 12.2. The Morgan fingerprint density at radius 3 is 2.75 bits per heavy atom. The monoisotopic (exact) mass is 291 g/mol. The van der Waals surface area contributed by atoms with Gasteiger partial charge in [0.05, 0.1) is 30.1 Å². The van der Waals surface area contributed by atoms with Gasteiger partial charge in [0, 0.05) is 0 Å². The molecule has 1 aromatic heterocycles. The Balaban J connectivity index is 2.20. The van der Waals surface area contributed by atoms with Crippen LogP contribution >= 0.6 is 11.6 Å². The lowest BCUT2D eigenvalue weighted by Gasteiger charge is -2.17. The third-order valence-electron chi connectivity index (χ3n) is 2.79. The molecule has 0 saturated heterocycles. The van der Waals surface area contributed by atoms with Gasteiger partial charge < -0.3 is 16.2 Å². The molecule has 0 aliphatic carbocycles. The van der Waals surface area contributed by atoms with Crippen LogP contribution in [0, 0.1) is 0 Å². The normalized spacial score (nSPS) is 11.9. The van der Waals surface area contributed by atoms with E-state index in [2.05, 4.69) is 10.3 Å². The van der Waals surface area contributed by atoms with Crippen LogP contribution in [0.1, 0.15) is 22.0 Å². The Labute approximate surface area is 121 Å². The largest absolute Gasteiger partial charge is 0.397 e. The fourth-order valence-electron chi connectivity index (χ4n) is 1.78. The number of nitrogens with one attached hydrogen (secondary N) is 1. The Hall–Kier alpha value is -2.11. The van der Waals surface area contributed by atoms with Crippen LogP contribution in [0.2, 0.25) is 5.15 Å². The van der Waals surface area contributed by atoms with Crippen LogP contribution in [0.25, 0.3) is 0 Å². The molecule has 1 amide bonds. The van der Waals surface area contributed by atoms with Gasteiger partial charge in [0.1, 0.15) is 5.15 Å². The number of aromatic nitrogens is 1. The van der Waals surface area contributed by atoms with Crippen LogP contribution in [-0.2, 0) is 0 Å². The number of nitrogen functional groups attached to an aromatic ring is 1. The predicted molar refractivity (Wildman–Crippen MR) is 77.4 cm³/mol. The summed E-state index contributed by atoms with van der Waals surface area (Å²) in [6.45, 7) is -0.219. The van der Waals surface area contributed by atoms with Crippen LogP contribution in [0.15, 0.2) is 42.6 Å². The number of anilines is 1. The van der Waals surface area contributed by atoms with E-state index in [1.807, 2.05) is 30.3 Å². The molecule has 1 heterocycles. The molecule has 4 N–H and O–H groups in total. The first kappa shape index (κ1) is 14.3. The summed E-state index contributed by atoms with van der Waals surface area (Å²) in [7, 11) is 0. The van der Waals surface area contributed by atoms with Crippen LogP contribution in [0.5, 0.6) is 0 Å². The first-order chi connectivity index (χ1) is 9.61. The number of aliphatic hydroxyl groups is 1. The molecule has 20 heavy (non-hydrogen) atoms. The van der Waals surface area contributed by atoms with Gasteiger partial charge in [-0.05, 0) is 11.6 Å². The van der Waals surface area contributed by atoms with Gasteiger partial charge in [-0.3, -0.25) is 4.79 Å². The van der Waals surface area contributed by atoms with Crippen molar-refractivity contribution in [2.24, 2.45) is 0 Å². The maximum absolute atomic E-state index is 12.2. The van der Waals surface area contributed by atoms with Gasteiger partial charge >= 0.3 is 0 Å². The molecule has 0 radical (unpaired) electrons. The van der Waals surface area contributed by atoms with E-state index in [1.165, 1.54) is 12.3 Å². The minimum atomic E-state index is -0.513.